The van der Waals surface area contributed by atoms with Gasteiger partial charge >= 0.3 is 0 Å². The first-order chi connectivity index (χ1) is 13.7. The number of rotatable bonds is 9. The number of aromatic hydroxyl groups is 1. The summed E-state index contributed by atoms with van der Waals surface area (Å²) in [4.78, 5) is 15.4. The summed E-state index contributed by atoms with van der Waals surface area (Å²) in [6.45, 7) is 6.88. The predicted molar refractivity (Wildman–Crippen MR) is 115 cm³/mol. The van der Waals surface area contributed by atoms with Crippen LogP contribution >= 0.6 is 0 Å². The maximum Gasteiger partial charge on any atom is 0.200 e. The second kappa shape index (κ2) is 9.56. The number of hydrogen-bond acceptors (Lipinski definition) is 4. The van der Waals surface area contributed by atoms with E-state index in [4.69, 9.17) is 4.42 Å². The molecule has 2 aromatic carbocycles. The normalized spacial score (nSPS) is 11.4. The second-order valence-corrected chi connectivity index (χ2v) is 7.27. The van der Waals surface area contributed by atoms with Gasteiger partial charge in [-0.15, -0.1) is 0 Å². The van der Waals surface area contributed by atoms with Crippen molar-refractivity contribution in [2.75, 3.05) is 13.1 Å². The topological polar surface area (TPSA) is 53.7 Å². The standard InChI is InChI=1S/C24H29NO3/c1-3-5-14-25(15-6-4-2)16-20-22(26)13-12-19-23(27)21(17-28-24(19)20)18-10-8-7-9-11-18/h7-13,17,26H,3-6,14-16H2,1-2H3. The highest BCUT2D eigenvalue weighted by Crippen LogP contribution is 2.29. The third-order valence-corrected chi connectivity index (χ3v) is 5.14. The van der Waals surface area contributed by atoms with Gasteiger partial charge in [-0.1, -0.05) is 57.0 Å². The smallest absolute Gasteiger partial charge is 0.200 e. The van der Waals surface area contributed by atoms with Crippen LogP contribution in [0.25, 0.3) is 22.1 Å². The maximum absolute atomic E-state index is 13.1. The van der Waals surface area contributed by atoms with Gasteiger partial charge in [0.1, 0.15) is 17.6 Å². The van der Waals surface area contributed by atoms with E-state index in [0.717, 1.165) is 44.3 Å². The molecule has 0 aliphatic carbocycles. The van der Waals surface area contributed by atoms with E-state index in [1.54, 1.807) is 12.1 Å². The fourth-order valence-corrected chi connectivity index (χ4v) is 3.47. The molecule has 1 N–H and O–H groups in total. The highest BCUT2D eigenvalue weighted by Gasteiger charge is 2.17. The number of phenolic OH excluding ortho intramolecular Hbond substituents is 1. The van der Waals surface area contributed by atoms with Crippen molar-refractivity contribution in [3.63, 3.8) is 0 Å². The predicted octanol–water partition coefficient (Wildman–Crippen LogP) is 5.57. The zero-order valence-corrected chi connectivity index (χ0v) is 16.8. The van der Waals surface area contributed by atoms with Crippen LogP contribution in [0.1, 0.15) is 45.1 Å². The molecule has 0 amide bonds. The van der Waals surface area contributed by atoms with Crippen molar-refractivity contribution in [2.45, 2.75) is 46.1 Å². The molecule has 148 valence electrons. The molecule has 4 heteroatoms. The largest absolute Gasteiger partial charge is 0.507 e. The summed E-state index contributed by atoms with van der Waals surface area (Å²) in [7, 11) is 0. The summed E-state index contributed by atoms with van der Waals surface area (Å²) in [5.74, 6) is 0.182. The summed E-state index contributed by atoms with van der Waals surface area (Å²) >= 11 is 0. The molecule has 4 nitrogen and oxygen atoms in total. The van der Waals surface area contributed by atoms with Gasteiger partial charge in [-0.3, -0.25) is 9.69 Å². The molecule has 0 atom stereocenters. The van der Waals surface area contributed by atoms with Crippen molar-refractivity contribution in [3.05, 3.63) is 64.5 Å². The number of benzene rings is 2. The molecule has 0 radical (unpaired) electrons. The van der Waals surface area contributed by atoms with Crippen LogP contribution in [0.15, 0.2) is 57.9 Å². The van der Waals surface area contributed by atoms with Gasteiger partial charge in [0.05, 0.1) is 16.5 Å². The lowest BCUT2D eigenvalue weighted by Gasteiger charge is -2.23. The number of hydrogen-bond donors (Lipinski definition) is 1. The van der Waals surface area contributed by atoms with Crippen molar-refractivity contribution in [3.8, 4) is 16.9 Å². The average molecular weight is 380 g/mol. The Morgan fingerprint density at radius 1 is 0.964 bits per heavy atom. The van der Waals surface area contributed by atoms with Crippen LogP contribution in [-0.4, -0.2) is 23.1 Å². The van der Waals surface area contributed by atoms with Crippen molar-refractivity contribution in [2.24, 2.45) is 0 Å². The SMILES string of the molecule is CCCCN(CCCC)Cc1c(O)ccc2c(=O)c(-c3ccccc3)coc12. The zero-order valence-electron chi connectivity index (χ0n) is 16.8. The van der Waals surface area contributed by atoms with Crippen molar-refractivity contribution < 1.29 is 9.52 Å². The molecular weight excluding hydrogens is 350 g/mol. The minimum absolute atomic E-state index is 0.0673. The van der Waals surface area contributed by atoms with Gasteiger partial charge in [-0.25, -0.2) is 0 Å². The number of nitrogens with zero attached hydrogens (tertiary/aromatic N) is 1. The van der Waals surface area contributed by atoms with Crippen LogP contribution in [0.5, 0.6) is 5.75 Å². The lowest BCUT2D eigenvalue weighted by Crippen LogP contribution is -2.26. The molecule has 0 saturated heterocycles. The molecule has 3 aromatic rings. The Bertz CT molecular complexity index is 955. The van der Waals surface area contributed by atoms with E-state index in [2.05, 4.69) is 18.7 Å². The fraction of sp³-hybridized carbons (Fsp3) is 0.375. The summed E-state index contributed by atoms with van der Waals surface area (Å²) in [6, 6.07) is 12.8. The molecule has 0 saturated carbocycles. The first-order valence-electron chi connectivity index (χ1n) is 10.2. The quantitative estimate of drug-likeness (QED) is 0.528. The molecule has 28 heavy (non-hydrogen) atoms. The Balaban J connectivity index is 2.01. The minimum Gasteiger partial charge on any atom is -0.507 e. The Morgan fingerprint density at radius 3 is 2.29 bits per heavy atom. The lowest BCUT2D eigenvalue weighted by molar-refractivity contribution is 0.253. The van der Waals surface area contributed by atoms with Gasteiger partial charge in [0.15, 0.2) is 0 Å². The van der Waals surface area contributed by atoms with Crippen molar-refractivity contribution >= 4 is 11.0 Å². The lowest BCUT2D eigenvalue weighted by atomic mass is 10.0. The Morgan fingerprint density at radius 2 is 1.64 bits per heavy atom. The van der Waals surface area contributed by atoms with Crippen molar-refractivity contribution in [1.82, 2.24) is 4.90 Å². The number of fused-ring (bicyclic) bond motifs is 1. The van der Waals surface area contributed by atoms with Crippen LogP contribution in [-0.2, 0) is 6.54 Å². The first kappa shape index (κ1) is 20.2. The highest BCUT2D eigenvalue weighted by molar-refractivity contribution is 5.85. The monoisotopic (exact) mass is 379 g/mol. The van der Waals surface area contributed by atoms with E-state index in [-0.39, 0.29) is 11.2 Å². The summed E-state index contributed by atoms with van der Waals surface area (Å²) in [5, 5.41) is 11.0. The summed E-state index contributed by atoms with van der Waals surface area (Å²) in [5.41, 5.74) is 2.49. The summed E-state index contributed by atoms with van der Waals surface area (Å²) in [6.07, 6.45) is 5.99. The van der Waals surface area contributed by atoms with Gasteiger partial charge in [0.2, 0.25) is 5.43 Å². The minimum atomic E-state index is -0.0673. The van der Waals surface area contributed by atoms with E-state index in [1.165, 1.54) is 6.26 Å². The van der Waals surface area contributed by atoms with Crippen LogP contribution < -0.4 is 5.43 Å². The molecule has 0 aliphatic heterocycles. The maximum atomic E-state index is 13.1. The molecule has 1 heterocycles. The highest BCUT2D eigenvalue weighted by atomic mass is 16.3. The van der Waals surface area contributed by atoms with Crippen LogP contribution in [0, 0.1) is 0 Å². The third kappa shape index (κ3) is 4.45. The van der Waals surface area contributed by atoms with Gasteiger partial charge in [-0.2, -0.15) is 0 Å². The number of unbranched alkanes of at least 4 members (excludes halogenated alkanes) is 2. The van der Waals surface area contributed by atoms with E-state index in [9.17, 15) is 9.90 Å². The molecule has 0 bridgehead atoms. The molecule has 0 aliphatic rings. The van der Waals surface area contributed by atoms with Gasteiger partial charge < -0.3 is 9.52 Å². The van der Waals surface area contributed by atoms with Crippen LogP contribution in [0.3, 0.4) is 0 Å². The Kier molecular flexibility index (Phi) is 6.88. The Labute approximate surface area is 166 Å². The molecule has 3 rings (SSSR count). The molecule has 0 unspecified atom stereocenters. The van der Waals surface area contributed by atoms with Crippen LogP contribution in [0.4, 0.5) is 0 Å². The van der Waals surface area contributed by atoms with Gasteiger partial charge in [-0.05, 0) is 43.6 Å². The van der Waals surface area contributed by atoms with Gasteiger partial charge in [0.25, 0.3) is 0 Å². The van der Waals surface area contributed by atoms with E-state index < -0.39 is 0 Å². The van der Waals surface area contributed by atoms with E-state index in [0.29, 0.717) is 28.6 Å². The Hall–Kier alpha value is -2.59. The second-order valence-electron chi connectivity index (χ2n) is 7.27. The van der Waals surface area contributed by atoms with E-state index >= 15 is 0 Å². The first-order valence-corrected chi connectivity index (χ1v) is 10.2. The fourth-order valence-electron chi connectivity index (χ4n) is 3.47. The number of phenols is 1. The summed E-state index contributed by atoms with van der Waals surface area (Å²) < 4.78 is 5.91. The third-order valence-electron chi connectivity index (χ3n) is 5.14. The molecule has 0 fully saturated rings. The van der Waals surface area contributed by atoms with Gasteiger partial charge in [0, 0.05) is 6.54 Å². The van der Waals surface area contributed by atoms with Crippen molar-refractivity contribution in [1.29, 1.82) is 0 Å². The average Bonchev–Trinajstić information content (AvgIpc) is 2.72. The molecule has 1 aromatic heterocycles. The molecular formula is C24H29NO3. The zero-order chi connectivity index (χ0) is 19.9. The van der Waals surface area contributed by atoms with E-state index in [1.807, 2.05) is 30.3 Å². The van der Waals surface area contributed by atoms with Crippen LogP contribution in [0.2, 0.25) is 0 Å². The molecule has 0 spiro atoms.